The number of hydrogen-bond acceptors (Lipinski definition) is 5. The van der Waals surface area contributed by atoms with Crippen molar-refractivity contribution in [3.05, 3.63) is 27.4 Å². The van der Waals surface area contributed by atoms with Gasteiger partial charge < -0.3 is 10.4 Å². The summed E-state index contributed by atoms with van der Waals surface area (Å²) in [5.74, 6) is -0.223. The summed E-state index contributed by atoms with van der Waals surface area (Å²) in [5, 5.41) is 21.8. The van der Waals surface area contributed by atoms with Gasteiger partial charge in [-0.05, 0) is 0 Å². The van der Waals surface area contributed by atoms with Crippen LogP contribution in [0.25, 0.3) is 0 Å². The molecule has 0 aromatic carbocycles. The number of rotatable bonds is 5. The van der Waals surface area contributed by atoms with E-state index in [1.54, 1.807) is 0 Å². The summed E-state index contributed by atoms with van der Waals surface area (Å²) < 4.78 is 24.0. The Morgan fingerprint density at radius 1 is 1.65 bits per heavy atom. The highest BCUT2D eigenvalue weighted by atomic mass is 35.5. The SMILES string of the molecule is O=[N+]([O-])c1cc(Cl)cnc1NCC(O)C(F)F. The highest BCUT2D eigenvalue weighted by molar-refractivity contribution is 6.30. The standard InChI is InChI=1S/C8H8ClF2N3O3/c9-4-1-5(14(16)17)8(12-2-4)13-3-6(15)7(10)11/h1-2,6-7,15H,3H2,(H,12,13). The molecule has 2 N–H and O–H groups in total. The van der Waals surface area contributed by atoms with Crippen LogP contribution >= 0.6 is 11.6 Å². The van der Waals surface area contributed by atoms with Crippen LogP contribution in [0.2, 0.25) is 5.02 Å². The first-order valence-corrected chi connectivity index (χ1v) is 4.79. The summed E-state index contributed by atoms with van der Waals surface area (Å²) in [5.41, 5.74) is -0.445. The van der Waals surface area contributed by atoms with Gasteiger partial charge in [-0.15, -0.1) is 0 Å². The van der Waals surface area contributed by atoms with E-state index in [1.165, 1.54) is 0 Å². The smallest absolute Gasteiger partial charge is 0.312 e. The third kappa shape index (κ3) is 3.75. The van der Waals surface area contributed by atoms with Crippen molar-refractivity contribution in [3.8, 4) is 0 Å². The second kappa shape index (κ2) is 5.69. The molecular weight excluding hydrogens is 260 g/mol. The van der Waals surface area contributed by atoms with Crippen molar-refractivity contribution in [1.29, 1.82) is 0 Å². The van der Waals surface area contributed by atoms with Crippen LogP contribution in [0.3, 0.4) is 0 Å². The van der Waals surface area contributed by atoms with Crippen LogP contribution in [0.15, 0.2) is 12.3 Å². The highest BCUT2D eigenvalue weighted by Crippen LogP contribution is 2.24. The van der Waals surface area contributed by atoms with Crippen molar-refractivity contribution in [3.63, 3.8) is 0 Å². The summed E-state index contributed by atoms with van der Waals surface area (Å²) in [4.78, 5) is 13.4. The number of aliphatic hydroxyl groups is 1. The Bertz CT molecular complexity index is 419. The van der Waals surface area contributed by atoms with Gasteiger partial charge >= 0.3 is 5.69 Å². The molecule has 0 bridgehead atoms. The first kappa shape index (κ1) is 13.5. The molecule has 0 saturated carbocycles. The molecule has 0 spiro atoms. The van der Waals surface area contributed by atoms with Crippen LogP contribution in [0.5, 0.6) is 0 Å². The number of hydrogen-bond donors (Lipinski definition) is 2. The Hall–Kier alpha value is -1.54. The maximum atomic E-state index is 12.0. The molecule has 1 aromatic heterocycles. The lowest BCUT2D eigenvalue weighted by atomic mass is 10.3. The quantitative estimate of drug-likeness (QED) is 0.626. The highest BCUT2D eigenvalue weighted by Gasteiger charge is 2.20. The first-order chi connectivity index (χ1) is 7.91. The van der Waals surface area contributed by atoms with Crippen LogP contribution < -0.4 is 5.32 Å². The zero-order valence-corrected chi connectivity index (χ0v) is 9.06. The molecule has 1 aromatic rings. The van der Waals surface area contributed by atoms with E-state index in [0.29, 0.717) is 0 Å². The van der Waals surface area contributed by atoms with Gasteiger partial charge in [-0.25, -0.2) is 13.8 Å². The Balaban J connectivity index is 2.80. The van der Waals surface area contributed by atoms with Crippen molar-refractivity contribution < 1.29 is 18.8 Å². The van der Waals surface area contributed by atoms with Crippen LogP contribution in [0.1, 0.15) is 0 Å². The number of alkyl halides is 2. The lowest BCUT2D eigenvalue weighted by Gasteiger charge is -2.11. The van der Waals surface area contributed by atoms with Gasteiger partial charge in [-0.1, -0.05) is 11.6 Å². The molecule has 1 unspecified atom stereocenters. The molecule has 0 fully saturated rings. The molecule has 94 valence electrons. The number of pyridine rings is 1. The van der Waals surface area contributed by atoms with E-state index in [9.17, 15) is 18.9 Å². The van der Waals surface area contributed by atoms with E-state index in [1.807, 2.05) is 0 Å². The van der Waals surface area contributed by atoms with E-state index < -0.39 is 29.7 Å². The average molecular weight is 268 g/mol. The minimum atomic E-state index is -2.94. The summed E-state index contributed by atoms with van der Waals surface area (Å²) in [6.45, 7) is -0.548. The van der Waals surface area contributed by atoms with Gasteiger partial charge in [0.15, 0.2) is 0 Å². The summed E-state index contributed by atoms with van der Waals surface area (Å²) in [6.07, 6.45) is -3.73. The van der Waals surface area contributed by atoms with Crippen molar-refractivity contribution in [2.24, 2.45) is 0 Å². The van der Waals surface area contributed by atoms with E-state index in [4.69, 9.17) is 16.7 Å². The number of nitrogens with one attached hydrogen (secondary N) is 1. The van der Waals surface area contributed by atoms with Crippen LogP contribution in [-0.2, 0) is 0 Å². The Morgan fingerprint density at radius 2 is 2.29 bits per heavy atom. The van der Waals surface area contributed by atoms with E-state index in [0.717, 1.165) is 12.3 Å². The molecule has 9 heteroatoms. The molecule has 0 radical (unpaired) electrons. The number of nitro groups is 1. The van der Waals surface area contributed by atoms with E-state index in [-0.39, 0.29) is 10.8 Å². The fourth-order valence-corrected chi connectivity index (χ4v) is 1.15. The van der Waals surface area contributed by atoms with Gasteiger partial charge in [0.25, 0.3) is 6.43 Å². The maximum Gasteiger partial charge on any atom is 0.312 e. The zero-order valence-electron chi connectivity index (χ0n) is 8.31. The number of nitrogens with zero attached hydrogens (tertiary/aromatic N) is 2. The Morgan fingerprint density at radius 3 is 2.82 bits per heavy atom. The zero-order chi connectivity index (χ0) is 13.0. The van der Waals surface area contributed by atoms with Gasteiger partial charge in [0.05, 0.1) is 9.95 Å². The molecule has 1 heterocycles. The molecule has 6 nitrogen and oxygen atoms in total. The van der Waals surface area contributed by atoms with Gasteiger partial charge in [0.1, 0.15) is 6.10 Å². The van der Waals surface area contributed by atoms with Crippen LogP contribution in [-0.4, -0.2) is 34.1 Å². The van der Waals surface area contributed by atoms with E-state index >= 15 is 0 Å². The number of aliphatic hydroxyl groups excluding tert-OH is 1. The fourth-order valence-electron chi connectivity index (χ4n) is 0.994. The molecular formula is C8H8ClF2N3O3. The Kier molecular flexibility index (Phi) is 4.53. The molecule has 0 aliphatic rings. The van der Waals surface area contributed by atoms with Crippen molar-refractivity contribution in [1.82, 2.24) is 4.98 Å². The molecule has 17 heavy (non-hydrogen) atoms. The first-order valence-electron chi connectivity index (χ1n) is 4.42. The van der Waals surface area contributed by atoms with Gasteiger partial charge in [-0.3, -0.25) is 10.1 Å². The molecule has 1 atom stereocenters. The monoisotopic (exact) mass is 267 g/mol. The maximum absolute atomic E-state index is 12.0. The normalized spacial score (nSPS) is 12.5. The predicted octanol–water partition coefficient (Wildman–Crippen LogP) is 1.68. The summed E-state index contributed by atoms with van der Waals surface area (Å²) in [7, 11) is 0. The third-order valence-corrected chi connectivity index (χ3v) is 2.01. The molecule has 0 aliphatic heterocycles. The molecule has 0 aliphatic carbocycles. The van der Waals surface area contributed by atoms with Gasteiger partial charge in [0, 0.05) is 18.8 Å². The molecule has 1 rings (SSSR count). The van der Waals surface area contributed by atoms with Crippen molar-refractivity contribution in [2.45, 2.75) is 12.5 Å². The third-order valence-electron chi connectivity index (χ3n) is 1.80. The average Bonchev–Trinajstić information content (AvgIpc) is 2.26. The minimum Gasteiger partial charge on any atom is -0.385 e. The van der Waals surface area contributed by atoms with Gasteiger partial charge in [-0.2, -0.15) is 0 Å². The predicted molar refractivity (Wildman–Crippen MR) is 56.4 cm³/mol. The number of anilines is 1. The van der Waals surface area contributed by atoms with Crippen molar-refractivity contribution in [2.75, 3.05) is 11.9 Å². The second-order valence-electron chi connectivity index (χ2n) is 3.06. The molecule has 0 saturated heterocycles. The fraction of sp³-hybridized carbons (Fsp3) is 0.375. The Labute approximate surface area is 99.4 Å². The van der Waals surface area contributed by atoms with Crippen LogP contribution in [0, 0.1) is 10.1 Å². The van der Waals surface area contributed by atoms with Gasteiger partial charge in [0.2, 0.25) is 5.82 Å². The topological polar surface area (TPSA) is 88.3 Å². The second-order valence-corrected chi connectivity index (χ2v) is 3.50. The number of aromatic nitrogens is 1. The van der Waals surface area contributed by atoms with Crippen molar-refractivity contribution >= 4 is 23.1 Å². The minimum absolute atomic E-state index is 0.0525. The number of halogens is 3. The molecule has 0 amide bonds. The lowest BCUT2D eigenvalue weighted by molar-refractivity contribution is -0.384. The summed E-state index contributed by atoms with van der Waals surface area (Å²) in [6, 6.07) is 1.03. The van der Waals surface area contributed by atoms with Crippen LogP contribution in [0.4, 0.5) is 20.3 Å². The summed E-state index contributed by atoms with van der Waals surface area (Å²) >= 11 is 5.51. The van der Waals surface area contributed by atoms with E-state index in [2.05, 4.69) is 10.3 Å². The lowest BCUT2D eigenvalue weighted by Crippen LogP contribution is -2.27. The largest absolute Gasteiger partial charge is 0.385 e.